The molecule has 1 aromatic rings. The van der Waals surface area contributed by atoms with Crippen molar-refractivity contribution in [2.75, 3.05) is 32.0 Å². The molecule has 2 rings (SSSR count). The summed E-state index contributed by atoms with van der Waals surface area (Å²) in [6, 6.07) is 1.63. The lowest BCUT2D eigenvalue weighted by atomic mass is 10.2. The molecule has 2 heterocycles. The molecular formula is C10H14ClN3O2. The number of aromatic nitrogens is 1. The minimum Gasteiger partial charge on any atom is -0.398 e. The summed E-state index contributed by atoms with van der Waals surface area (Å²) >= 11 is 0. The fourth-order valence-electron chi connectivity index (χ4n) is 1.52. The lowest BCUT2D eigenvalue weighted by Crippen LogP contribution is -2.40. The Labute approximate surface area is 100.0 Å². The van der Waals surface area contributed by atoms with Crippen molar-refractivity contribution in [2.45, 2.75) is 0 Å². The molecule has 1 amide bonds. The number of nitrogens with two attached hydrogens (primary N) is 1. The number of pyridine rings is 1. The average Bonchev–Trinajstić information content (AvgIpc) is 2.30. The van der Waals surface area contributed by atoms with Gasteiger partial charge in [0.2, 0.25) is 0 Å². The maximum atomic E-state index is 12.0. The summed E-state index contributed by atoms with van der Waals surface area (Å²) < 4.78 is 5.18. The van der Waals surface area contributed by atoms with E-state index in [1.807, 2.05) is 0 Å². The Hall–Kier alpha value is -1.33. The first-order valence-corrected chi connectivity index (χ1v) is 4.85. The maximum absolute atomic E-state index is 12.0. The molecule has 88 valence electrons. The van der Waals surface area contributed by atoms with E-state index in [1.54, 1.807) is 17.2 Å². The summed E-state index contributed by atoms with van der Waals surface area (Å²) in [6.45, 7) is 2.41. The number of halogens is 1. The SMILES string of the molecule is Cl.Nc1ccncc1C(=O)N1CCOCC1. The van der Waals surface area contributed by atoms with Crippen LogP contribution in [0.25, 0.3) is 0 Å². The number of ether oxygens (including phenoxy) is 1. The topological polar surface area (TPSA) is 68.5 Å². The van der Waals surface area contributed by atoms with Crippen molar-refractivity contribution in [1.29, 1.82) is 0 Å². The molecule has 0 aliphatic carbocycles. The number of carbonyl (C=O) groups is 1. The second kappa shape index (κ2) is 5.67. The minimum absolute atomic E-state index is 0. The van der Waals surface area contributed by atoms with Gasteiger partial charge in [0.25, 0.3) is 5.91 Å². The van der Waals surface area contributed by atoms with Gasteiger partial charge in [-0.3, -0.25) is 9.78 Å². The Bertz CT molecular complexity index is 367. The van der Waals surface area contributed by atoms with Gasteiger partial charge in [-0.1, -0.05) is 0 Å². The summed E-state index contributed by atoms with van der Waals surface area (Å²) in [4.78, 5) is 17.6. The number of nitrogen functional groups attached to an aromatic ring is 1. The van der Waals surface area contributed by atoms with Gasteiger partial charge in [-0.05, 0) is 6.07 Å². The Morgan fingerprint density at radius 1 is 1.44 bits per heavy atom. The van der Waals surface area contributed by atoms with E-state index in [9.17, 15) is 4.79 Å². The zero-order valence-corrected chi connectivity index (χ0v) is 9.57. The Morgan fingerprint density at radius 3 is 2.75 bits per heavy atom. The van der Waals surface area contributed by atoms with Crippen molar-refractivity contribution >= 4 is 24.0 Å². The molecule has 0 aromatic carbocycles. The second-order valence-electron chi connectivity index (χ2n) is 3.37. The number of carbonyl (C=O) groups excluding carboxylic acids is 1. The van der Waals surface area contributed by atoms with Gasteiger partial charge in [0.1, 0.15) is 0 Å². The summed E-state index contributed by atoms with van der Waals surface area (Å²) in [6.07, 6.45) is 3.08. The number of amides is 1. The fourth-order valence-corrected chi connectivity index (χ4v) is 1.52. The van der Waals surface area contributed by atoms with E-state index in [2.05, 4.69) is 4.98 Å². The van der Waals surface area contributed by atoms with E-state index in [0.717, 1.165) is 0 Å². The Kier molecular flexibility index (Phi) is 4.52. The van der Waals surface area contributed by atoms with Gasteiger partial charge in [-0.25, -0.2) is 0 Å². The molecule has 16 heavy (non-hydrogen) atoms. The van der Waals surface area contributed by atoms with Gasteiger partial charge in [0.15, 0.2) is 0 Å². The standard InChI is InChI=1S/C10H13N3O2.ClH/c11-9-1-2-12-7-8(9)10(14)13-3-5-15-6-4-13;/h1-2,7H,3-6H2,(H2,11,12);1H. The minimum atomic E-state index is -0.0658. The molecule has 1 aromatic heterocycles. The molecule has 0 radical (unpaired) electrons. The zero-order chi connectivity index (χ0) is 10.7. The highest BCUT2D eigenvalue weighted by Crippen LogP contribution is 2.12. The molecule has 2 N–H and O–H groups in total. The van der Waals surface area contributed by atoms with E-state index >= 15 is 0 Å². The van der Waals surface area contributed by atoms with Gasteiger partial charge in [0, 0.05) is 31.2 Å². The third-order valence-electron chi connectivity index (χ3n) is 2.38. The molecule has 0 atom stereocenters. The smallest absolute Gasteiger partial charge is 0.257 e. The van der Waals surface area contributed by atoms with Crippen LogP contribution in [0, 0.1) is 0 Å². The fraction of sp³-hybridized carbons (Fsp3) is 0.400. The summed E-state index contributed by atoms with van der Waals surface area (Å²) in [5, 5.41) is 0. The van der Waals surface area contributed by atoms with Crippen LogP contribution in [-0.2, 0) is 4.74 Å². The first-order chi connectivity index (χ1) is 7.29. The molecular weight excluding hydrogens is 230 g/mol. The maximum Gasteiger partial charge on any atom is 0.257 e. The van der Waals surface area contributed by atoms with E-state index in [1.165, 1.54) is 6.20 Å². The quantitative estimate of drug-likeness (QED) is 0.783. The van der Waals surface area contributed by atoms with Crippen LogP contribution in [0.15, 0.2) is 18.5 Å². The highest BCUT2D eigenvalue weighted by molar-refractivity contribution is 5.98. The van der Waals surface area contributed by atoms with Crippen LogP contribution >= 0.6 is 12.4 Å². The Morgan fingerprint density at radius 2 is 2.12 bits per heavy atom. The van der Waals surface area contributed by atoms with Gasteiger partial charge in [-0.15, -0.1) is 12.4 Å². The molecule has 1 aliphatic heterocycles. The van der Waals surface area contributed by atoms with Crippen LogP contribution in [0.2, 0.25) is 0 Å². The van der Waals surface area contributed by atoms with E-state index in [-0.39, 0.29) is 18.3 Å². The second-order valence-corrected chi connectivity index (χ2v) is 3.37. The van der Waals surface area contributed by atoms with Crippen LogP contribution in [0.5, 0.6) is 0 Å². The highest BCUT2D eigenvalue weighted by Gasteiger charge is 2.20. The average molecular weight is 244 g/mol. The monoisotopic (exact) mass is 243 g/mol. The molecule has 6 heteroatoms. The van der Waals surface area contributed by atoms with Crippen LogP contribution in [0.3, 0.4) is 0 Å². The lowest BCUT2D eigenvalue weighted by Gasteiger charge is -2.27. The van der Waals surface area contributed by atoms with Crippen molar-refractivity contribution in [3.8, 4) is 0 Å². The normalized spacial score (nSPS) is 15.4. The van der Waals surface area contributed by atoms with Crippen molar-refractivity contribution < 1.29 is 9.53 Å². The number of hydrogen-bond donors (Lipinski definition) is 1. The molecule has 0 saturated carbocycles. The van der Waals surface area contributed by atoms with Gasteiger partial charge in [0.05, 0.1) is 18.8 Å². The number of nitrogens with zero attached hydrogens (tertiary/aromatic N) is 2. The van der Waals surface area contributed by atoms with Gasteiger partial charge < -0.3 is 15.4 Å². The first-order valence-electron chi connectivity index (χ1n) is 4.85. The predicted molar refractivity (Wildman–Crippen MR) is 62.6 cm³/mol. The van der Waals surface area contributed by atoms with Crippen LogP contribution in [0.1, 0.15) is 10.4 Å². The third-order valence-corrected chi connectivity index (χ3v) is 2.38. The van der Waals surface area contributed by atoms with Crippen molar-refractivity contribution in [3.63, 3.8) is 0 Å². The summed E-state index contributed by atoms with van der Waals surface area (Å²) in [5.41, 5.74) is 6.65. The number of hydrogen-bond acceptors (Lipinski definition) is 4. The molecule has 1 fully saturated rings. The highest BCUT2D eigenvalue weighted by atomic mass is 35.5. The Balaban J connectivity index is 0.00000128. The summed E-state index contributed by atoms with van der Waals surface area (Å²) in [5.74, 6) is -0.0658. The van der Waals surface area contributed by atoms with Crippen LogP contribution in [-0.4, -0.2) is 42.1 Å². The molecule has 0 bridgehead atoms. The third kappa shape index (κ3) is 2.62. The predicted octanol–water partition coefficient (Wildman–Crippen LogP) is 0.558. The number of rotatable bonds is 1. The van der Waals surface area contributed by atoms with Crippen molar-refractivity contribution in [2.24, 2.45) is 0 Å². The van der Waals surface area contributed by atoms with Crippen molar-refractivity contribution in [1.82, 2.24) is 9.88 Å². The molecule has 1 aliphatic rings. The van der Waals surface area contributed by atoms with Gasteiger partial charge in [-0.2, -0.15) is 0 Å². The number of anilines is 1. The molecule has 5 nitrogen and oxygen atoms in total. The van der Waals surface area contributed by atoms with Crippen molar-refractivity contribution in [3.05, 3.63) is 24.0 Å². The molecule has 0 spiro atoms. The lowest BCUT2D eigenvalue weighted by molar-refractivity contribution is 0.0303. The molecule has 0 unspecified atom stereocenters. The van der Waals surface area contributed by atoms with E-state index in [4.69, 9.17) is 10.5 Å². The van der Waals surface area contributed by atoms with E-state index < -0.39 is 0 Å². The first kappa shape index (κ1) is 12.7. The van der Waals surface area contributed by atoms with E-state index in [0.29, 0.717) is 37.6 Å². The summed E-state index contributed by atoms with van der Waals surface area (Å²) in [7, 11) is 0. The zero-order valence-electron chi connectivity index (χ0n) is 8.76. The van der Waals surface area contributed by atoms with Gasteiger partial charge >= 0.3 is 0 Å². The van der Waals surface area contributed by atoms with Crippen LogP contribution < -0.4 is 5.73 Å². The molecule has 1 saturated heterocycles. The number of morpholine rings is 1. The van der Waals surface area contributed by atoms with Crippen LogP contribution in [0.4, 0.5) is 5.69 Å². The largest absolute Gasteiger partial charge is 0.398 e.